The molecule has 4 nitrogen and oxygen atoms in total. The van der Waals surface area contributed by atoms with Crippen molar-refractivity contribution in [3.8, 4) is 11.5 Å². The molecule has 0 bridgehead atoms. The highest BCUT2D eigenvalue weighted by Gasteiger charge is 2.07. The molecule has 0 unspecified atom stereocenters. The molecule has 6 heteroatoms. The summed E-state index contributed by atoms with van der Waals surface area (Å²) >= 11 is 0. The van der Waals surface area contributed by atoms with Crippen molar-refractivity contribution in [1.29, 1.82) is 0 Å². The summed E-state index contributed by atoms with van der Waals surface area (Å²) in [7, 11) is 0. The Morgan fingerprint density at radius 1 is 1.18 bits per heavy atom. The number of carbonyl (C=O) groups is 1. The van der Waals surface area contributed by atoms with Gasteiger partial charge in [-0.3, -0.25) is 4.79 Å². The van der Waals surface area contributed by atoms with Gasteiger partial charge in [0.25, 0.3) is 5.91 Å². The summed E-state index contributed by atoms with van der Waals surface area (Å²) in [6.45, 7) is 0.000138. The van der Waals surface area contributed by atoms with Crippen LogP contribution in [0.1, 0.15) is 5.56 Å². The van der Waals surface area contributed by atoms with E-state index in [-0.39, 0.29) is 18.1 Å². The van der Waals surface area contributed by atoms with Gasteiger partial charge >= 0.3 is 0 Å². The van der Waals surface area contributed by atoms with Crippen LogP contribution in [0.5, 0.6) is 11.5 Å². The maximum absolute atomic E-state index is 13.3. The molecule has 2 aromatic rings. The number of ether oxygens (including phenoxy) is 1. The third kappa shape index (κ3) is 4.73. The summed E-state index contributed by atoms with van der Waals surface area (Å²) in [4.78, 5) is 11.6. The van der Waals surface area contributed by atoms with Crippen molar-refractivity contribution >= 4 is 5.91 Å². The summed E-state index contributed by atoms with van der Waals surface area (Å²) in [6, 6.07) is 9.59. The Morgan fingerprint density at radius 3 is 2.73 bits per heavy atom. The minimum absolute atomic E-state index is 0.166. The van der Waals surface area contributed by atoms with Gasteiger partial charge in [0, 0.05) is 12.6 Å². The summed E-state index contributed by atoms with van der Waals surface area (Å²) in [6.07, 6.45) is 0.547. The van der Waals surface area contributed by atoms with Gasteiger partial charge in [0.1, 0.15) is 11.6 Å². The molecule has 0 atom stereocenters. The maximum Gasteiger partial charge on any atom is 0.257 e. The fourth-order valence-corrected chi connectivity index (χ4v) is 1.84. The van der Waals surface area contributed by atoms with Crippen LogP contribution in [-0.4, -0.2) is 24.2 Å². The van der Waals surface area contributed by atoms with Crippen LogP contribution in [0.25, 0.3) is 0 Å². The van der Waals surface area contributed by atoms with Crippen LogP contribution in [0, 0.1) is 11.6 Å². The third-order valence-corrected chi connectivity index (χ3v) is 2.90. The summed E-state index contributed by atoms with van der Waals surface area (Å²) < 4.78 is 31.0. The predicted octanol–water partition coefficient (Wildman–Crippen LogP) is 2.41. The van der Waals surface area contributed by atoms with Crippen LogP contribution in [-0.2, 0) is 11.2 Å². The Bertz CT molecular complexity index is 662. The predicted molar refractivity (Wildman–Crippen MR) is 76.7 cm³/mol. The van der Waals surface area contributed by atoms with Crippen LogP contribution in [0.3, 0.4) is 0 Å². The van der Waals surface area contributed by atoms with Gasteiger partial charge in [-0.25, -0.2) is 8.78 Å². The fraction of sp³-hybridized carbons (Fsp3) is 0.188. The van der Waals surface area contributed by atoms with Crippen molar-refractivity contribution in [2.24, 2.45) is 0 Å². The van der Waals surface area contributed by atoms with Crippen molar-refractivity contribution in [2.75, 3.05) is 13.2 Å². The molecule has 2 aromatic carbocycles. The molecular weight excluding hydrogens is 292 g/mol. The lowest BCUT2D eigenvalue weighted by Gasteiger charge is -2.08. The van der Waals surface area contributed by atoms with Gasteiger partial charge in [-0.05, 0) is 36.2 Å². The molecule has 0 aliphatic heterocycles. The molecule has 0 aliphatic rings. The van der Waals surface area contributed by atoms with Crippen LogP contribution < -0.4 is 10.1 Å². The first kappa shape index (κ1) is 15.8. The van der Waals surface area contributed by atoms with E-state index in [9.17, 15) is 18.7 Å². The van der Waals surface area contributed by atoms with Crippen LogP contribution in [0.4, 0.5) is 8.78 Å². The molecule has 116 valence electrons. The zero-order chi connectivity index (χ0) is 15.9. The molecule has 0 aromatic heterocycles. The summed E-state index contributed by atoms with van der Waals surface area (Å²) in [5, 5.41) is 11.9. The Kier molecular flexibility index (Phi) is 5.30. The lowest BCUT2D eigenvalue weighted by atomic mass is 10.1. The first-order valence-electron chi connectivity index (χ1n) is 6.67. The van der Waals surface area contributed by atoms with E-state index in [1.54, 1.807) is 18.2 Å². The van der Waals surface area contributed by atoms with E-state index in [0.29, 0.717) is 19.0 Å². The standard InChI is InChI=1S/C16H15F2NO3/c17-12-4-5-15(14(18)9-12)22-10-16(21)19-7-6-11-2-1-3-13(20)8-11/h1-5,8-9,20H,6-7,10H2,(H,19,21). The molecule has 0 spiro atoms. The molecule has 0 heterocycles. The smallest absolute Gasteiger partial charge is 0.257 e. The summed E-state index contributed by atoms with van der Waals surface area (Å²) in [5.74, 6) is -1.99. The Morgan fingerprint density at radius 2 is 2.00 bits per heavy atom. The number of hydrogen-bond acceptors (Lipinski definition) is 3. The molecule has 0 saturated heterocycles. The number of rotatable bonds is 6. The van der Waals surface area contributed by atoms with E-state index >= 15 is 0 Å². The number of aromatic hydroxyl groups is 1. The second-order valence-electron chi connectivity index (χ2n) is 4.63. The molecule has 0 fully saturated rings. The zero-order valence-corrected chi connectivity index (χ0v) is 11.7. The van der Waals surface area contributed by atoms with Gasteiger partial charge in [0.2, 0.25) is 0 Å². The van der Waals surface area contributed by atoms with E-state index in [0.717, 1.165) is 17.7 Å². The van der Waals surface area contributed by atoms with Crippen molar-refractivity contribution in [2.45, 2.75) is 6.42 Å². The van der Waals surface area contributed by atoms with Gasteiger partial charge in [-0.2, -0.15) is 0 Å². The van der Waals surface area contributed by atoms with E-state index < -0.39 is 17.5 Å². The number of carbonyl (C=O) groups excluding carboxylic acids is 1. The van der Waals surface area contributed by atoms with Crippen molar-refractivity contribution in [3.63, 3.8) is 0 Å². The molecule has 22 heavy (non-hydrogen) atoms. The van der Waals surface area contributed by atoms with E-state index in [4.69, 9.17) is 4.74 Å². The van der Waals surface area contributed by atoms with Gasteiger partial charge < -0.3 is 15.2 Å². The Hall–Kier alpha value is -2.63. The van der Waals surface area contributed by atoms with E-state index in [2.05, 4.69) is 5.32 Å². The molecule has 0 saturated carbocycles. The summed E-state index contributed by atoms with van der Waals surface area (Å²) in [5.41, 5.74) is 0.880. The molecule has 2 rings (SSSR count). The average Bonchev–Trinajstić information content (AvgIpc) is 2.46. The van der Waals surface area contributed by atoms with Crippen LogP contribution in [0.2, 0.25) is 0 Å². The number of hydrogen-bond donors (Lipinski definition) is 2. The number of benzene rings is 2. The minimum Gasteiger partial charge on any atom is -0.508 e. The van der Waals surface area contributed by atoms with Gasteiger partial charge in [-0.1, -0.05) is 12.1 Å². The molecular formula is C16H15F2NO3. The topological polar surface area (TPSA) is 58.6 Å². The molecule has 2 N–H and O–H groups in total. The highest BCUT2D eigenvalue weighted by atomic mass is 19.1. The first-order valence-corrected chi connectivity index (χ1v) is 6.67. The molecule has 0 radical (unpaired) electrons. The van der Waals surface area contributed by atoms with E-state index in [1.165, 1.54) is 0 Å². The normalized spacial score (nSPS) is 10.3. The van der Waals surface area contributed by atoms with Gasteiger partial charge in [-0.15, -0.1) is 0 Å². The Labute approximate surface area is 126 Å². The molecule has 1 amide bonds. The number of amides is 1. The number of phenols is 1. The van der Waals surface area contributed by atoms with Crippen molar-refractivity contribution in [3.05, 3.63) is 59.7 Å². The van der Waals surface area contributed by atoms with E-state index in [1.807, 2.05) is 6.07 Å². The number of phenolic OH excluding ortho intramolecular Hbond substituents is 1. The maximum atomic E-state index is 13.3. The quantitative estimate of drug-likeness (QED) is 0.861. The first-order chi connectivity index (χ1) is 10.5. The minimum atomic E-state index is -0.854. The highest BCUT2D eigenvalue weighted by Crippen LogP contribution is 2.17. The second kappa shape index (κ2) is 7.40. The largest absolute Gasteiger partial charge is 0.508 e. The third-order valence-electron chi connectivity index (χ3n) is 2.90. The number of nitrogens with one attached hydrogen (secondary N) is 1. The SMILES string of the molecule is O=C(COc1ccc(F)cc1F)NCCc1cccc(O)c1. The lowest BCUT2D eigenvalue weighted by Crippen LogP contribution is -2.30. The van der Waals surface area contributed by atoms with Crippen LogP contribution in [0.15, 0.2) is 42.5 Å². The molecule has 0 aliphatic carbocycles. The lowest BCUT2D eigenvalue weighted by molar-refractivity contribution is -0.123. The Balaban J connectivity index is 1.74. The highest BCUT2D eigenvalue weighted by molar-refractivity contribution is 5.77. The van der Waals surface area contributed by atoms with Gasteiger partial charge in [0.05, 0.1) is 0 Å². The number of halogens is 2. The van der Waals surface area contributed by atoms with Crippen molar-refractivity contribution in [1.82, 2.24) is 5.32 Å². The van der Waals surface area contributed by atoms with Crippen molar-refractivity contribution < 1.29 is 23.4 Å². The zero-order valence-electron chi connectivity index (χ0n) is 11.7. The average molecular weight is 307 g/mol. The second-order valence-corrected chi connectivity index (χ2v) is 4.63. The fourth-order valence-electron chi connectivity index (χ4n) is 1.84. The van der Waals surface area contributed by atoms with Crippen LogP contribution >= 0.6 is 0 Å². The monoisotopic (exact) mass is 307 g/mol. The van der Waals surface area contributed by atoms with Gasteiger partial charge in [0.15, 0.2) is 18.2 Å².